The number of benzene rings is 1. The van der Waals surface area contributed by atoms with Crippen LogP contribution in [0.15, 0.2) is 51.0 Å². The minimum atomic E-state index is -0.939. The molecule has 0 spiro atoms. The molecule has 0 fully saturated rings. The highest BCUT2D eigenvalue weighted by Crippen LogP contribution is 2.21. The van der Waals surface area contributed by atoms with E-state index in [-0.39, 0.29) is 24.8 Å². The van der Waals surface area contributed by atoms with Gasteiger partial charge < -0.3 is 14.3 Å². The van der Waals surface area contributed by atoms with Gasteiger partial charge in [0.2, 0.25) is 0 Å². The van der Waals surface area contributed by atoms with Crippen LogP contribution in [0.25, 0.3) is 10.8 Å². The number of rotatable bonds is 8. The van der Waals surface area contributed by atoms with Crippen molar-refractivity contribution in [2.75, 3.05) is 6.61 Å². The maximum atomic E-state index is 11.8. The summed E-state index contributed by atoms with van der Waals surface area (Å²) in [7, 11) is 0. The van der Waals surface area contributed by atoms with Gasteiger partial charge in [0, 0.05) is 12.0 Å². The van der Waals surface area contributed by atoms with E-state index in [4.69, 9.17) is 9.15 Å². The van der Waals surface area contributed by atoms with Gasteiger partial charge in [-0.1, -0.05) is 13.0 Å². The first-order valence-corrected chi connectivity index (χ1v) is 9.00. The fraction of sp³-hybridized carbons (Fsp3) is 0.278. The summed E-state index contributed by atoms with van der Waals surface area (Å²) in [6.45, 7) is 1.74. The summed E-state index contributed by atoms with van der Waals surface area (Å²) in [4.78, 5) is 24.2. The van der Waals surface area contributed by atoms with E-state index in [1.165, 1.54) is 11.3 Å². The summed E-state index contributed by atoms with van der Waals surface area (Å²) >= 11 is 1.41. The summed E-state index contributed by atoms with van der Waals surface area (Å²) in [5.41, 5.74) is 0.621. The van der Waals surface area contributed by atoms with Crippen molar-refractivity contribution in [2.24, 2.45) is 0 Å². The van der Waals surface area contributed by atoms with Gasteiger partial charge in [-0.2, -0.15) is 4.68 Å². The van der Waals surface area contributed by atoms with E-state index in [9.17, 15) is 14.7 Å². The number of ketones is 1. The van der Waals surface area contributed by atoms with Crippen LogP contribution < -0.4 is 10.5 Å². The van der Waals surface area contributed by atoms with Crippen LogP contribution in [-0.4, -0.2) is 33.4 Å². The minimum Gasteiger partial charge on any atom is -0.491 e. The molecule has 0 saturated carbocycles. The molecule has 8 heteroatoms. The Morgan fingerprint density at radius 1 is 1.35 bits per heavy atom. The number of Topliss-reactive ketones (excluding diaryl/α,β-unsaturated/α-hetero) is 1. The third kappa shape index (κ3) is 4.27. The molecule has 1 atom stereocenters. The molecule has 1 aromatic carbocycles. The van der Waals surface area contributed by atoms with Crippen molar-refractivity contribution in [3.8, 4) is 16.5 Å². The molecule has 0 aliphatic heterocycles. The summed E-state index contributed by atoms with van der Waals surface area (Å²) in [6, 6.07) is 10.3. The van der Waals surface area contributed by atoms with Crippen LogP contribution in [0.1, 0.15) is 23.7 Å². The third-order valence-electron chi connectivity index (χ3n) is 3.66. The normalized spacial score (nSPS) is 12.1. The van der Waals surface area contributed by atoms with Gasteiger partial charge >= 0.3 is 5.76 Å². The average Bonchev–Trinajstić information content (AvgIpc) is 3.30. The zero-order chi connectivity index (χ0) is 18.5. The fourth-order valence-electron chi connectivity index (χ4n) is 2.31. The van der Waals surface area contributed by atoms with Gasteiger partial charge in [0.25, 0.3) is 5.89 Å². The Bertz CT molecular complexity index is 912. The Kier molecular flexibility index (Phi) is 5.65. The highest BCUT2D eigenvalue weighted by molar-refractivity contribution is 7.13. The molecule has 0 aliphatic rings. The molecule has 0 amide bonds. The van der Waals surface area contributed by atoms with Crippen LogP contribution in [0.5, 0.6) is 5.75 Å². The SMILES string of the molecule is CCC(=O)c1ccc(OCC(O)Cn2nc(-c3cccs3)oc2=O)cc1. The molecule has 2 heterocycles. The van der Waals surface area contributed by atoms with Crippen molar-refractivity contribution >= 4 is 17.1 Å². The molecular formula is C18H18N2O5S. The zero-order valence-electron chi connectivity index (χ0n) is 14.1. The van der Waals surface area contributed by atoms with Crippen LogP contribution in [0, 0.1) is 0 Å². The number of aliphatic hydroxyl groups is 1. The van der Waals surface area contributed by atoms with Gasteiger partial charge in [0.1, 0.15) is 18.5 Å². The van der Waals surface area contributed by atoms with Gasteiger partial charge in [0.15, 0.2) is 5.78 Å². The van der Waals surface area contributed by atoms with Crippen molar-refractivity contribution in [3.63, 3.8) is 0 Å². The van der Waals surface area contributed by atoms with Crippen molar-refractivity contribution in [2.45, 2.75) is 26.0 Å². The van der Waals surface area contributed by atoms with E-state index in [2.05, 4.69) is 5.10 Å². The first kappa shape index (κ1) is 18.1. The quantitative estimate of drug-likeness (QED) is 0.609. The Labute approximate surface area is 153 Å². The lowest BCUT2D eigenvalue weighted by molar-refractivity contribution is 0.0874. The highest BCUT2D eigenvalue weighted by atomic mass is 32.1. The number of carbonyl (C=O) groups is 1. The summed E-state index contributed by atoms with van der Waals surface area (Å²) in [5.74, 6) is 0.191. The molecule has 3 aromatic rings. The minimum absolute atomic E-state index is 0.0191. The van der Waals surface area contributed by atoms with Gasteiger partial charge in [-0.3, -0.25) is 4.79 Å². The molecule has 1 N–H and O–H groups in total. The molecule has 0 saturated heterocycles. The standard InChI is InChI=1S/C18H18N2O5S/c1-2-15(22)12-5-7-14(8-6-12)24-11-13(21)10-20-18(23)25-17(19-20)16-4-3-9-26-16/h3-9,13,21H,2,10-11H2,1H3. The maximum Gasteiger partial charge on any atom is 0.437 e. The second kappa shape index (κ2) is 8.11. The van der Waals surface area contributed by atoms with Crippen LogP contribution in [0.3, 0.4) is 0 Å². The number of ether oxygens (including phenoxy) is 1. The third-order valence-corrected chi connectivity index (χ3v) is 4.52. The molecule has 1 unspecified atom stereocenters. The predicted octanol–water partition coefficient (Wildman–Crippen LogP) is 2.60. The van der Waals surface area contributed by atoms with Gasteiger partial charge in [0.05, 0.1) is 11.4 Å². The van der Waals surface area contributed by atoms with Crippen molar-refractivity contribution < 1.29 is 19.1 Å². The Hall–Kier alpha value is -2.71. The first-order valence-electron chi connectivity index (χ1n) is 8.12. The summed E-state index contributed by atoms with van der Waals surface area (Å²) < 4.78 is 11.7. The average molecular weight is 374 g/mol. The number of hydrogen-bond acceptors (Lipinski definition) is 7. The van der Waals surface area contributed by atoms with Crippen LogP contribution in [0.2, 0.25) is 0 Å². The maximum absolute atomic E-state index is 11.8. The molecular weight excluding hydrogens is 356 g/mol. The molecule has 136 valence electrons. The lowest BCUT2D eigenvalue weighted by Gasteiger charge is -2.11. The number of nitrogens with zero attached hydrogens (tertiary/aromatic N) is 2. The van der Waals surface area contributed by atoms with E-state index in [1.807, 2.05) is 11.4 Å². The fourth-order valence-corrected chi connectivity index (χ4v) is 2.95. The van der Waals surface area contributed by atoms with E-state index in [1.54, 1.807) is 37.3 Å². The monoisotopic (exact) mass is 374 g/mol. The van der Waals surface area contributed by atoms with E-state index >= 15 is 0 Å². The molecule has 2 aromatic heterocycles. The molecule has 0 aliphatic carbocycles. The lowest BCUT2D eigenvalue weighted by Crippen LogP contribution is -2.29. The van der Waals surface area contributed by atoms with Gasteiger partial charge in [-0.05, 0) is 35.7 Å². The number of hydrogen-bond donors (Lipinski definition) is 1. The van der Waals surface area contributed by atoms with E-state index < -0.39 is 11.9 Å². The molecule has 0 bridgehead atoms. The highest BCUT2D eigenvalue weighted by Gasteiger charge is 2.15. The Morgan fingerprint density at radius 3 is 2.77 bits per heavy atom. The zero-order valence-corrected chi connectivity index (χ0v) is 14.9. The largest absolute Gasteiger partial charge is 0.491 e. The van der Waals surface area contributed by atoms with Crippen molar-refractivity contribution in [1.82, 2.24) is 9.78 Å². The smallest absolute Gasteiger partial charge is 0.437 e. The van der Waals surface area contributed by atoms with E-state index in [0.29, 0.717) is 17.7 Å². The van der Waals surface area contributed by atoms with Crippen LogP contribution >= 0.6 is 11.3 Å². The second-order valence-electron chi connectivity index (χ2n) is 5.60. The second-order valence-corrected chi connectivity index (χ2v) is 6.55. The summed E-state index contributed by atoms with van der Waals surface area (Å²) in [6.07, 6.45) is -0.496. The number of carbonyl (C=O) groups excluding carboxylic acids is 1. The summed E-state index contributed by atoms with van der Waals surface area (Å²) in [5, 5.41) is 16.0. The van der Waals surface area contributed by atoms with Crippen LogP contribution in [0.4, 0.5) is 0 Å². The lowest BCUT2D eigenvalue weighted by atomic mass is 10.1. The number of aliphatic hydroxyl groups excluding tert-OH is 1. The van der Waals surface area contributed by atoms with Gasteiger partial charge in [-0.15, -0.1) is 16.4 Å². The molecule has 3 rings (SSSR count). The number of aromatic nitrogens is 2. The predicted molar refractivity (Wildman–Crippen MR) is 96.6 cm³/mol. The Morgan fingerprint density at radius 2 is 2.12 bits per heavy atom. The topological polar surface area (TPSA) is 94.6 Å². The van der Waals surface area contributed by atoms with E-state index in [0.717, 1.165) is 9.56 Å². The molecule has 7 nitrogen and oxygen atoms in total. The first-order chi connectivity index (χ1) is 12.6. The van der Waals surface area contributed by atoms with Gasteiger partial charge in [-0.25, -0.2) is 4.79 Å². The van der Waals surface area contributed by atoms with Crippen molar-refractivity contribution in [1.29, 1.82) is 0 Å². The molecule has 26 heavy (non-hydrogen) atoms. The number of thiophene rings is 1. The van der Waals surface area contributed by atoms with Crippen LogP contribution in [-0.2, 0) is 6.54 Å². The molecule has 0 radical (unpaired) electrons. The van der Waals surface area contributed by atoms with Crippen molar-refractivity contribution in [3.05, 3.63) is 57.9 Å². The Balaban J connectivity index is 1.57.